The van der Waals surface area contributed by atoms with E-state index >= 15 is 0 Å². The minimum absolute atomic E-state index is 0.162. The molecule has 0 saturated heterocycles. The zero-order chi connectivity index (χ0) is 14.3. The summed E-state index contributed by atoms with van der Waals surface area (Å²) >= 11 is 0. The molecular weight excluding hydrogens is 246 g/mol. The van der Waals surface area contributed by atoms with Crippen molar-refractivity contribution in [1.82, 2.24) is 4.90 Å². The quantitative estimate of drug-likeness (QED) is 0.423. The van der Waals surface area contributed by atoms with Gasteiger partial charge in [0, 0.05) is 0 Å². The normalized spacial score (nSPS) is 13.2. The Morgan fingerprint density at radius 1 is 1.32 bits per heavy atom. The molecule has 0 radical (unpaired) electrons. The van der Waals surface area contributed by atoms with Gasteiger partial charge in [-0.1, -0.05) is 30.3 Å². The van der Waals surface area contributed by atoms with Crippen LogP contribution in [0.3, 0.4) is 0 Å². The Hall–Kier alpha value is -2.17. The number of aldehydes is 1. The van der Waals surface area contributed by atoms with Crippen molar-refractivity contribution >= 4 is 18.7 Å². The Kier molecular flexibility index (Phi) is 5.73. The highest BCUT2D eigenvalue weighted by molar-refractivity contribution is 5.94. The number of nitrogens with zero attached hydrogens (tertiary/aromatic N) is 1. The highest BCUT2D eigenvalue weighted by Crippen LogP contribution is 2.20. The Labute approximate surface area is 112 Å². The van der Waals surface area contributed by atoms with E-state index in [1.807, 2.05) is 30.3 Å². The van der Waals surface area contributed by atoms with Gasteiger partial charge in [-0.15, -0.1) is 0 Å². The molecule has 0 fully saturated rings. The van der Waals surface area contributed by atoms with Crippen molar-refractivity contribution in [3.05, 3.63) is 35.9 Å². The Morgan fingerprint density at radius 3 is 2.42 bits per heavy atom. The van der Waals surface area contributed by atoms with E-state index in [1.54, 1.807) is 13.8 Å². The number of hydrogen-bond acceptors (Lipinski definition) is 4. The van der Waals surface area contributed by atoms with Gasteiger partial charge in [-0.25, -0.2) is 4.79 Å². The average Bonchev–Trinajstić information content (AvgIpc) is 2.45. The molecule has 0 aliphatic carbocycles. The van der Waals surface area contributed by atoms with Gasteiger partial charge in [0.15, 0.2) is 12.3 Å². The molecule has 2 atom stereocenters. The van der Waals surface area contributed by atoms with Crippen LogP contribution in [0.4, 0.5) is 0 Å². The van der Waals surface area contributed by atoms with Crippen molar-refractivity contribution in [2.24, 2.45) is 0 Å². The lowest BCUT2D eigenvalue weighted by molar-refractivity contribution is -0.154. The number of amides is 1. The predicted molar refractivity (Wildman–Crippen MR) is 69.2 cm³/mol. The number of ether oxygens (including phenoxy) is 1. The van der Waals surface area contributed by atoms with Crippen LogP contribution < -0.4 is 0 Å². The molecule has 102 valence electrons. The van der Waals surface area contributed by atoms with Crippen molar-refractivity contribution in [1.29, 1.82) is 0 Å². The van der Waals surface area contributed by atoms with Gasteiger partial charge in [0.05, 0.1) is 12.6 Å². The highest BCUT2D eigenvalue weighted by atomic mass is 16.5. The Bertz CT molecular complexity index is 432. The van der Waals surface area contributed by atoms with Crippen LogP contribution in [0.15, 0.2) is 30.3 Å². The first-order valence-electron chi connectivity index (χ1n) is 6.05. The lowest BCUT2D eigenvalue weighted by Gasteiger charge is -2.28. The van der Waals surface area contributed by atoms with Gasteiger partial charge in [0.25, 0.3) is 0 Å². The van der Waals surface area contributed by atoms with E-state index < -0.39 is 18.1 Å². The maximum Gasteiger partial charge on any atom is 0.336 e. The van der Waals surface area contributed by atoms with E-state index in [0.717, 1.165) is 10.5 Å². The van der Waals surface area contributed by atoms with Gasteiger partial charge < -0.3 is 14.4 Å². The molecule has 0 aliphatic heterocycles. The maximum atomic E-state index is 11.7. The Balaban J connectivity index is 2.95. The molecule has 0 saturated carbocycles. The molecule has 1 aromatic rings. The van der Waals surface area contributed by atoms with Crippen molar-refractivity contribution in [3.8, 4) is 0 Å². The third-order valence-electron chi connectivity index (χ3n) is 2.83. The summed E-state index contributed by atoms with van der Waals surface area (Å²) in [5.74, 6) is -0.715. The van der Waals surface area contributed by atoms with Gasteiger partial charge in [-0.05, 0) is 19.4 Å². The number of rotatable bonds is 7. The van der Waals surface area contributed by atoms with E-state index in [1.165, 1.54) is 0 Å². The zero-order valence-electron chi connectivity index (χ0n) is 11.0. The van der Waals surface area contributed by atoms with Crippen LogP contribution in [0.25, 0.3) is 0 Å². The molecule has 0 heterocycles. The number of benzene rings is 1. The summed E-state index contributed by atoms with van der Waals surface area (Å²) in [4.78, 5) is 35.1. The minimum atomic E-state index is -1.22. The predicted octanol–water partition coefficient (Wildman–Crippen LogP) is 1.34. The summed E-state index contributed by atoms with van der Waals surface area (Å²) in [5.41, 5.74) is 0.839. The number of esters is 1. The van der Waals surface area contributed by atoms with Crippen molar-refractivity contribution in [2.45, 2.75) is 25.9 Å². The van der Waals surface area contributed by atoms with Gasteiger partial charge in [0.1, 0.15) is 0 Å². The van der Waals surface area contributed by atoms with Crippen molar-refractivity contribution in [3.63, 3.8) is 0 Å². The molecule has 5 nitrogen and oxygen atoms in total. The molecule has 1 aromatic carbocycles. The first kappa shape index (κ1) is 14.9. The van der Waals surface area contributed by atoms with Gasteiger partial charge in [-0.2, -0.15) is 0 Å². The standard InChI is InChI=1S/C14H17NO4/c1-3-19-14(18)13(9-16)15(10-17)11(2)12-7-5-4-6-8-12/h4-11,13H,3H2,1-2H3. The molecule has 1 rings (SSSR count). The van der Waals surface area contributed by atoms with Crippen LogP contribution in [0.1, 0.15) is 25.5 Å². The summed E-state index contributed by atoms with van der Waals surface area (Å²) in [6, 6.07) is 7.56. The van der Waals surface area contributed by atoms with E-state index in [0.29, 0.717) is 12.7 Å². The maximum absolute atomic E-state index is 11.7. The second-order valence-corrected chi connectivity index (χ2v) is 3.97. The fourth-order valence-electron chi connectivity index (χ4n) is 1.78. The van der Waals surface area contributed by atoms with Gasteiger partial charge >= 0.3 is 5.97 Å². The summed E-state index contributed by atoms with van der Waals surface area (Å²) in [5, 5.41) is 0. The SMILES string of the molecule is CCOC(=O)C(C=O)N(C=O)C(C)c1ccccc1. The third-order valence-corrected chi connectivity index (χ3v) is 2.83. The summed E-state index contributed by atoms with van der Waals surface area (Å²) < 4.78 is 4.79. The molecule has 5 heteroatoms. The second kappa shape index (κ2) is 7.31. The van der Waals surface area contributed by atoms with E-state index in [2.05, 4.69) is 0 Å². The van der Waals surface area contributed by atoms with E-state index in [-0.39, 0.29) is 6.61 Å². The van der Waals surface area contributed by atoms with Crippen LogP contribution >= 0.6 is 0 Å². The lowest BCUT2D eigenvalue weighted by atomic mass is 10.1. The van der Waals surface area contributed by atoms with Crippen LogP contribution in [-0.2, 0) is 19.1 Å². The summed E-state index contributed by atoms with van der Waals surface area (Å²) in [6.07, 6.45) is 0.916. The van der Waals surface area contributed by atoms with E-state index in [4.69, 9.17) is 4.74 Å². The first-order chi connectivity index (χ1) is 9.15. The van der Waals surface area contributed by atoms with Crippen LogP contribution in [0, 0.1) is 0 Å². The zero-order valence-corrected chi connectivity index (χ0v) is 11.0. The molecular formula is C14H17NO4. The lowest BCUT2D eigenvalue weighted by Crippen LogP contribution is -2.44. The van der Waals surface area contributed by atoms with Crippen LogP contribution in [0.5, 0.6) is 0 Å². The number of hydrogen-bond donors (Lipinski definition) is 0. The molecule has 2 unspecified atom stereocenters. The van der Waals surface area contributed by atoms with Crippen molar-refractivity contribution < 1.29 is 19.1 Å². The molecule has 0 spiro atoms. The minimum Gasteiger partial charge on any atom is -0.464 e. The fraction of sp³-hybridized carbons (Fsp3) is 0.357. The first-order valence-corrected chi connectivity index (χ1v) is 6.05. The largest absolute Gasteiger partial charge is 0.464 e. The smallest absolute Gasteiger partial charge is 0.336 e. The molecule has 0 aliphatic rings. The monoisotopic (exact) mass is 263 g/mol. The van der Waals surface area contributed by atoms with Gasteiger partial charge in [0.2, 0.25) is 6.41 Å². The average molecular weight is 263 g/mol. The Morgan fingerprint density at radius 2 is 1.95 bits per heavy atom. The van der Waals surface area contributed by atoms with Crippen molar-refractivity contribution in [2.75, 3.05) is 6.61 Å². The number of carbonyl (C=O) groups excluding carboxylic acids is 3. The number of carbonyl (C=O) groups is 3. The van der Waals surface area contributed by atoms with Crippen LogP contribution in [-0.4, -0.2) is 36.2 Å². The molecule has 19 heavy (non-hydrogen) atoms. The molecule has 0 bridgehead atoms. The van der Waals surface area contributed by atoms with Crippen LogP contribution in [0.2, 0.25) is 0 Å². The second-order valence-electron chi connectivity index (χ2n) is 3.97. The molecule has 0 N–H and O–H groups in total. The highest BCUT2D eigenvalue weighted by Gasteiger charge is 2.29. The van der Waals surface area contributed by atoms with Gasteiger partial charge in [-0.3, -0.25) is 4.79 Å². The fourth-order valence-corrected chi connectivity index (χ4v) is 1.78. The third kappa shape index (κ3) is 3.64. The van der Waals surface area contributed by atoms with E-state index in [9.17, 15) is 14.4 Å². The molecule has 0 aromatic heterocycles. The summed E-state index contributed by atoms with van der Waals surface area (Å²) in [6.45, 7) is 3.56. The summed E-state index contributed by atoms with van der Waals surface area (Å²) in [7, 11) is 0. The topological polar surface area (TPSA) is 63.7 Å². The molecule has 1 amide bonds.